The van der Waals surface area contributed by atoms with Gasteiger partial charge in [-0.2, -0.15) is 13.2 Å². The lowest BCUT2D eigenvalue weighted by molar-refractivity contribution is -0.164. The highest BCUT2D eigenvalue weighted by Gasteiger charge is 2.47. The molecule has 19 heavy (non-hydrogen) atoms. The fourth-order valence-corrected chi connectivity index (χ4v) is 3.67. The Bertz CT molecular complexity index is 296. The fraction of sp³-hybridized carbons (Fsp3) is 1.00. The molecule has 0 aromatic rings. The van der Waals surface area contributed by atoms with Gasteiger partial charge in [-0.3, -0.25) is 4.90 Å². The molecule has 1 saturated carbocycles. The summed E-state index contributed by atoms with van der Waals surface area (Å²) in [6, 6.07) is 0.202. The molecule has 1 heterocycles. The number of halogens is 3. The molecule has 1 N–H and O–H groups in total. The van der Waals surface area contributed by atoms with Crippen molar-refractivity contribution < 1.29 is 13.2 Å². The second-order valence-electron chi connectivity index (χ2n) is 6.63. The van der Waals surface area contributed by atoms with Crippen LogP contribution in [0.2, 0.25) is 0 Å². The van der Waals surface area contributed by atoms with E-state index in [1.54, 1.807) is 4.90 Å². The Hall–Kier alpha value is -0.290. The van der Waals surface area contributed by atoms with Crippen LogP contribution in [0.4, 0.5) is 13.2 Å². The van der Waals surface area contributed by atoms with Gasteiger partial charge in [0.1, 0.15) is 0 Å². The van der Waals surface area contributed by atoms with E-state index < -0.39 is 12.7 Å². The van der Waals surface area contributed by atoms with Crippen molar-refractivity contribution in [1.29, 1.82) is 0 Å². The number of rotatable bonds is 3. The average molecular weight is 278 g/mol. The van der Waals surface area contributed by atoms with Gasteiger partial charge in [-0.25, -0.2) is 0 Å². The van der Waals surface area contributed by atoms with Crippen LogP contribution in [0.5, 0.6) is 0 Å². The number of hydrogen-bond donors (Lipinski definition) is 1. The molecule has 0 aromatic carbocycles. The van der Waals surface area contributed by atoms with Gasteiger partial charge in [0.05, 0.1) is 6.54 Å². The van der Waals surface area contributed by atoms with Crippen molar-refractivity contribution in [3.63, 3.8) is 0 Å². The highest BCUT2D eigenvalue weighted by molar-refractivity contribution is 5.02. The topological polar surface area (TPSA) is 15.3 Å². The predicted molar refractivity (Wildman–Crippen MR) is 70.1 cm³/mol. The molecule has 0 amide bonds. The molecule has 112 valence electrons. The summed E-state index contributed by atoms with van der Waals surface area (Å²) in [6.07, 6.45) is 0.796. The highest BCUT2D eigenvalue weighted by Crippen LogP contribution is 2.38. The lowest BCUT2D eigenvalue weighted by atomic mass is 9.89. The smallest absolute Gasteiger partial charge is 0.311 e. The lowest BCUT2D eigenvalue weighted by Gasteiger charge is -2.48. The van der Waals surface area contributed by atoms with Crippen LogP contribution < -0.4 is 5.32 Å². The number of nitrogens with one attached hydrogen (secondary N) is 1. The van der Waals surface area contributed by atoms with Crippen LogP contribution in [-0.4, -0.2) is 42.3 Å². The van der Waals surface area contributed by atoms with Crippen LogP contribution in [0, 0.1) is 5.92 Å². The number of alkyl halides is 3. The van der Waals surface area contributed by atoms with E-state index in [9.17, 15) is 13.2 Å². The summed E-state index contributed by atoms with van der Waals surface area (Å²) in [6.45, 7) is 4.76. The molecule has 0 aromatic heterocycles. The first-order valence-corrected chi connectivity index (χ1v) is 7.36. The van der Waals surface area contributed by atoms with Crippen molar-refractivity contribution in [2.24, 2.45) is 5.92 Å². The Kier molecular flexibility index (Phi) is 4.45. The van der Waals surface area contributed by atoms with Crippen LogP contribution in [0.15, 0.2) is 0 Å². The first kappa shape index (κ1) is 15.1. The Balaban J connectivity index is 2.05. The van der Waals surface area contributed by atoms with Gasteiger partial charge in [-0.05, 0) is 25.2 Å². The summed E-state index contributed by atoms with van der Waals surface area (Å²) >= 11 is 0. The Morgan fingerprint density at radius 3 is 2.42 bits per heavy atom. The predicted octanol–water partition coefficient (Wildman–Crippen LogP) is 3.18. The maximum atomic E-state index is 12.8. The van der Waals surface area contributed by atoms with Crippen LogP contribution >= 0.6 is 0 Å². The Labute approximate surface area is 113 Å². The molecular formula is C14H25F3N2. The van der Waals surface area contributed by atoms with Crippen molar-refractivity contribution >= 4 is 0 Å². The Morgan fingerprint density at radius 2 is 1.89 bits per heavy atom. The van der Waals surface area contributed by atoms with E-state index >= 15 is 0 Å². The maximum absolute atomic E-state index is 12.8. The zero-order chi connectivity index (χ0) is 14.1. The fourth-order valence-electron chi connectivity index (χ4n) is 3.67. The molecule has 1 spiro atoms. The van der Waals surface area contributed by atoms with Gasteiger partial charge in [-0.1, -0.05) is 26.7 Å². The summed E-state index contributed by atoms with van der Waals surface area (Å²) in [4.78, 5) is 1.73. The van der Waals surface area contributed by atoms with Gasteiger partial charge in [0.25, 0.3) is 0 Å². The molecule has 2 fully saturated rings. The molecular weight excluding hydrogens is 253 g/mol. The molecule has 2 nitrogen and oxygen atoms in total. The molecule has 5 heteroatoms. The van der Waals surface area contributed by atoms with E-state index in [2.05, 4.69) is 19.2 Å². The van der Waals surface area contributed by atoms with Crippen molar-refractivity contribution in [3.8, 4) is 0 Å². The number of hydrogen-bond acceptors (Lipinski definition) is 2. The minimum atomic E-state index is -4.09. The maximum Gasteiger partial charge on any atom is 0.401 e. The molecule has 0 radical (unpaired) electrons. The van der Waals surface area contributed by atoms with Gasteiger partial charge in [0.15, 0.2) is 0 Å². The second-order valence-corrected chi connectivity index (χ2v) is 6.63. The van der Waals surface area contributed by atoms with E-state index in [0.717, 1.165) is 38.6 Å². The van der Waals surface area contributed by atoms with Crippen LogP contribution in [0.1, 0.15) is 46.0 Å². The molecule has 1 saturated heterocycles. The standard InChI is InChI=1S/C14H25F3N2/c1-11(2)7-12-8-19(10-14(15,16)17)13(9-18-12)5-3-4-6-13/h11-12,18H,3-10H2,1-2H3. The molecule has 1 aliphatic carbocycles. The third-order valence-electron chi connectivity index (χ3n) is 4.49. The largest absolute Gasteiger partial charge is 0.401 e. The SMILES string of the molecule is CC(C)CC1CN(CC(F)(F)F)C2(CCCC2)CN1. The minimum absolute atomic E-state index is 0.202. The lowest BCUT2D eigenvalue weighted by Crippen LogP contribution is -2.65. The van der Waals surface area contributed by atoms with Crippen LogP contribution in [0.25, 0.3) is 0 Å². The van der Waals surface area contributed by atoms with E-state index in [-0.39, 0.29) is 11.6 Å². The van der Waals surface area contributed by atoms with E-state index in [0.29, 0.717) is 12.5 Å². The zero-order valence-corrected chi connectivity index (χ0v) is 11.9. The van der Waals surface area contributed by atoms with Crippen molar-refractivity contribution in [3.05, 3.63) is 0 Å². The van der Waals surface area contributed by atoms with Gasteiger partial charge < -0.3 is 5.32 Å². The minimum Gasteiger partial charge on any atom is -0.311 e. The molecule has 0 bridgehead atoms. The molecule has 1 aliphatic heterocycles. The van der Waals surface area contributed by atoms with Gasteiger partial charge in [0.2, 0.25) is 0 Å². The van der Waals surface area contributed by atoms with Crippen molar-refractivity contribution in [1.82, 2.24) is 10.2 Å². The number of nitrogens with zero attached hydrogens (tertiary/aromatic N) is 1. The average Bonchev–Trinajstić information content (AvgIpc) is 2.70. The van der Waals surface area contributed by atoms with E-state index in [1.807, 2.05) is 0 Å². The monoisotopic (exact) mass is 278 g/mol. The van der Waals surface area contributed by atoms with E-state index in [4.69, 9.17) is 0 Å². The zero-order valence-electron chi connectivity index (χ0n) is 11.9. The van der Waals surface area contributed by atoms with Crippen molar-refractivity contribution in [2.75, 3.05) is 19.6 Å². The number of piperazine rings is 1. The van der Waals surface area contributed by atoms with E-state index in [1.165, 1.54) is 0 Å². The summed E-state index contributed by atoms with van der Waals surface area (Å²) in [5.41, 5.74) is -0.233. The summed E-state index contributed by atoms with van der Waals surface area (Å²) < 4.78 is 38.4. The molecule has 1 atom stereocenters. The Morgan fingerprint density at radius 1 is 1.26 bits per heavy atom. The second kappa shape index (κ2) is 5.60. The normalized spacial score (nSPS) is 28.4. The van der Waals surface area contributed by atoms with Gasteiger partial charge in [0, 0.05) is 24.7 Å². The van der Waals surface area contributed by atoms with Gasteiger partial charge >= 0.3 is 6.18 Å². The molecule has 1 unspecified atom stereocenters. The summed E-state index contributed by atoms with van der Waals surface area (Å²) in [5, 5.41) is 3.49. The first-order valence-electron chi connectivity index (χ1n) is 7.36. The quantitative estimate of drug-likeness (QED) is 0.853. The third kappa shape index (κ3) is 3.85. The van der Waals surface area contributed by atoms with Crippen molar-refractivity contribution in [2.45, 2.75) is 63.7 Å². The first-order chi connectivity index (χ1) is 8.81. The third-order valence-corrected chi connectivity index (χ3v) is 4.49. The molecule has 2 aliphatic rings. The molecule has 2 rings (SSSR count). The van der Waals surface area contributed by atoms with Crippen LogP contribution in [0.3, 0.4) is 0 Å². The summed E-state index contributed by atoms with van der Waals surface area (Å²) in [5.74, 6) is 0.517. The van der Waals surface area contributed by atoms with Gasteiger partial charge in [-0.15, -0.1) is 0 Å². The summed E-state index contributed by atoms with van der Waals surface area (Å²) in [7, 11) is 0. The van der Waals surface area contributed by atoms with Crippen LogP contribution in [-0.2, 0) is 0 Å². The highest BCUT2D eigenvalue weighted by atomic mass is 19.4.